The van der Waals surface area contributed by atoms with Crippen molar-refractivity contribution >= 4 is 28.8 Å². The Morgan fingerprint density at radius 2 is 2.50 bits per heavy atom. The van der Waals surface area contributed by atoms with Gasteiger partial charge in [0.05, 0.1) is 6.04 Å². The van der Waals surface area contributed by atoms with Crippen molar-refractivity contribution in [3.05, 3.63) is 22.4 Å². The van der Waals surface area contributed by atoms with Crippen LogP contribution in [0.5, 0.6) is 0 Å². The van der Waals surface area contributed by atoms with Crippen LogP contribution in [0.3, 0.4) is 0 Å². The molecule has 0 bridgehead atoms. The van der Waals surface area contributed by atoms with Gasteiger partial charge in [-0.05, 0) is 35.7 Å². The first kappa shape index (κ1) is 11.5. The van der Waals surface area contributed by atoms with E-state index in [0.717, 1.165) is 12.0 Å². The predicted octanol–water partition coefficient (Wildman–Crippen LogP) is 2.94. The molecule has 0 aliphatic heterocycles. The number of nitrogens with one attached hydrogen (secondary N) is 1. The van der Waals surface area contributed by atoms with Crippen LogP contribution in [0.1, 0.15) is 31.4 Å². The number of hydrogen-bond donors (Lipinski definition) is 1. The molecule has 78 valence electrons. The number of rotatable bonds is 5. The zero-order valence-corrected chi connectivity index (χ0v) is 9.70. The first-order chi connectivity index (χ1) is 6.74. The van der Waals surface area contributed by atoms with Gasteiger partial charge in [0, 0.05) is 12.3 Å². The van der Waals surface area contributed by atoms with Crippen molar-refractivity contribution in [2.75, 3.05) is 5.88 Å². The molecule has 0 aliphatic rings. The second kappa shape index (κ2) is 6.04. The minimum Gasteiger partial charge on any atom is -0.350 e. The molecule has 0 spiro atoms. The third-order valence-electron chi connectivity index (χ3n) is 1.96. The number of alkyl halides is 1. The SMILES string of the molecule is CC(NC(=O)CCCCl)c1ccsc1. The van der Waals surface area contributed by atoms with Gasteiger partial charge in [-0.2, -0.15) is 11.3 Å². The van der Waals surface area contributed by atoms with E-state index in [0.29, 0.717) is 12.3 Å². The second-order valence-corrected chi connectivity index (χ2v) is 4.30. The van der Waals surface area contributed by atoms with Gasteiger partial charge < -0.3 is 5.32 Å². The van der Waals surface area contributed by atoms with E-state index in [1.54, 1.807) is 11.3 Å². The Kier molecular flexibility index (Phi) is 4.98. The largest absolute Gasteiger partial charge is 0.350 e. The second-order valence-electron chi connectivity index (χ2n) is 3.14. The first-order valence-electron chi connectivity index (χ1n) is 4.61. The van der Waals surface area contributed by atoms with Gasteiger partial charge in [0.1, 0.15) is 0 Å². The van der Waals surface area contributed by atoms with Crippen LogP contribution >= 0.6 is 22.9 Å². The van der Waals surface area contributed by atoms with Crippen LogP contribution in [0.15, 0.2) is 16.8 Å². The number of thiophene rings is 1. The van der Waals surface area contributed by atoms with Crippen molar-refractivity contribution in [3.8, 4) is 0 Å². The van der Waals surface area contributed by atoms with E-state index in [2.05, 4.69) is 5.32 Å². The Morgan fingerprint density at radius 1 is 1.71 bits per heavy atom. The van der Waals surface area contributed by atoms with Gasteiger partial charge in [-0.1, -0.05) is 0 Å². The van der Waals surface area contributed by atoms with Gasteiger partial charge in [0.25, 0.3) is 0 Å². The van der Waals surface area contributed by atoms with Crippen molar-refractivity contribution in [2.24, 2.45) is 0 Å². The highest BCUT2D eigenvalue weighted by atomic mass is 35.5. The molecular weight excluding hydrogens is 218 g/mol. The summed E-state index contributed by atoms with van der Waals surface area (Å²) in [6.07, 6.45) is 1.25. The minimum atomic E-state index is 0.0735. The lowest BCUT2D eigenvalue weighted by molar-refractivity contribution is -0.121. The van der Waals surface area contributed by atoms with Crippen LogP contribution in [0, 0.1) is 0 Å². The summed E-state index contributed by atoms with van der Waals surface area (Å²) in [7, 11) is 0. The minimum absolute atomic E-state index is 0.0735. The quantitative estimate of drug-likeness (QED) is 0.776. The van der Waals surface area contributed by atoms with Gasteiger partial charge in [-0.3, -0.25) is 4.79 Å². The molecule has 1 unspecified atom stereocenters. The van der Waals surface area contributed by atoms with E-state index in [1.807, 2.05) is 23.8 Å². The summed E-state index contributed by atoms with van der Waals surface area (Å²) in [5.74, 6) is 0.615. The fourth-order valence-corrected chi connectivity index (χ4v) is 2.03. The molecule has 4 heteroatoms. The Hall–Kier alpha value is -0.540. The van der Waals surface area contributed by atoms with E-state index < -0.39 is 0 Å². The third kappa shape index (κ3) is 3.68. The van der Waals surface area contributed by atoms with Crippen LogP contribution in [-0.4, -0.2) is 11.8 Å². The fraction of sp³-hybridized carbons (Fsp3) is 0.500. The smallest absolute Gasteiger partial charge is 0.220 e. The molecule has 1 N–H and O–H groups in total. The maximum atomic E-state index is 11.3. The molecule has 0 saturated carbocycles. The van der Waals surface area contributed by atoms with E-state index in [-0.39, 0.29) is 11.9 Å². The molecule has 1 atom stereocenters. The van der Waals surface area contributed by atoms with E-state index in [4.69, 9.17) is 11.6 Å². The average molecular weight is 232 g/mol. The van der Waals surface area contributed by atoms with Gasteiger partial charge in [0.2, 0.25) is 5.91 Å². The van der Waals surface area contributed by atoms with Crippen molar-refractivity contribution in [2.45, 2.75) is 25.8 Å². The molecule has 0 aromatic carbocycles. The van der Waals surface area contributed by atoms with Crippen LogP contribution in [0.2, 0.25) is 0 Å². The molecule has 0 radical (unpaired) electrons. The van der Waals surface area contributed by atoms with Gasteiger partial charge in [-0.15, -0.1) is 11.6 Å². The summed E-state index contributed by atoms with van der Waals surface area (Å²) in [5, 5.41) is 6.98. The lowest BCUT2D eigenvalue weighted by Crippen LogP contribution is -2.26. The molecule has 1 rings (SSSR count). The number of amides is 1. The molecule has 1 heterocycles. The highest BCUT2D eigenvalue weighted by molar-refractivity contribution is 7.07. The summed E-state index contributed by atoms with van der Waals surface area (Å²) in [6, 6.07) is 2.13. The lowest BCUT2D eigenvalue weighted by atomic mass is 10.2. The number of carbonyl (C=O) groups excluding carboxylic acids is 1. The standard InChI is InChI=1S/C10H14ClNOS/c1-8(9-4-6-14-7-9)12-10(13)3-2-5-11/h4,6-8H,2-3,5H2,1H3,(H,12,13). The number of halogens is 1. The molecule has 0 aliphatic carbocycles. The van der Waals surface area contributed by atoms with E-state index in [9.17, 15) is 4.79 Å². The number of hydrogen-bond acceptors (Lipinski definition) is 2. The topological polar surface area (TPSA) is 29.1 Å². The Balaban J connectivity index is 2.33. The first-order valence-corrected chi connectivity index (χ1v) is 6.09. The number of carbonyl (C=O) groups is 1. The summed E-state index contributed by atoms with van der Waals surface area (Å²) in [4.78, 5) is 11.3. The van der Waals surface area contributed by atoms with Crippen molar-refractivity contribution in [1.29, 1.82) is 0 Å². The normalized spacial score (nSPS) is 12.4. The molecule has 14 heavy (non-hydrogen) atoms. The maximum Gasteiger partial charge on any atom is 0.220 e. The average Bonchev–Trinajstić information content (AvgIpc) is 2.67. The Labute approximate surface area is 93.3 Å². The molecule has 1 aromatic rings. The van der Waals surface area contributed by atoms with E-state index >= 15 is 0 Å². The summed E-state index contributed by atoms with van der Waals surface area (Å²) in [5.41, 5.74) is 1.16. The zero-order chi connectivity index (χ0) is 10.4. The van der Waals surface area contributed by atoms with Crippen LogP contribution in [-0.2, 0) is 4.79 Å². The zero-order valence-electron chi connectivity index (χ0n) is 8.13. The maximum absolute atomic E-state index is 11.3. The summed E-state index contributed by atoms with van der Waals surface area (Å²) in [6.45, 7) is 1.99. The summed E-state index contributed by atoms with van der Waals surface area (Å²) < 4.78 is 0. The Morgan fingerprint density at radius 3 is 3.07 bits per heavy atom. The van der Waals surface area contributed by atoms with E-state index in [1.165, 1.54) is 0 Å². The van der Waals surface area contributed by atoms with Crippen LogP contribution < -0.4 is 5.32 Å². The van der Waals surface area contributed by atoms with Gasteiger partial charge in [-0.25, -0.2) is 0 Å². The molecular formula is C10H14ClNOS. The van der Waals surface area contributed by atoms with Gasteiger partial charge >= 0.3 is 0 Å². The predicted molar refractivity (Wildman–Crippen MR) is 60.8 cm³/mol. The molecule has 2 nitrogen and oxygen atoms in total. The molecule has 1 aromatic heterocycles. The lowest BCUT2D eigenvalue weighted by Gasteiger charge is -2.11. The highest BCUT2D eigenvalue weighted by Crippen LogP contribution is 2.15. The summed E-state index contributed by atoms with van der Waals surface area (Å²) >= 11 is 7.14. The monoisotopic (exact) mass is 231 g/mol. The fourth-order valence-electron chi connectivity index (χ4n) is 1.15. The van der Waals surface area contributed by atoms with Gasteiger partial charge in [0.15, 0.2) is 0 Å². The van der Waals surface area contributed by atoms with Crippen LogP contribution in [0.25, 0.3) is 0 Å². The van der Waals surface area contributed by atoms with Crippen molar-refractivity contribution < 1.29 is 4.79 Å². The highest BCUT2D eigenvalue weighted by Gasteiger charge is 2.08. The molecule has 0 saturated heterocycles. The van der Waals surface area contributed by atoms with Crippen molar-refractivity contribution in [1.82, 2.24) is 5.32 Å². The molecule has 1 amide bonds. The third-order valence-corrected chi connectivity index (χ3v) is 2.93. The van der Waals surface area contributed by atoms with Crippen molar-refractivity contribution in [3.63, 3.8) is 0 Å². The molecule has 0 fully saturated rings. The Bertz CT molecular complexity index is 274. The van der Waals surface area contributed by atoms with Crippen LogP contribution in [0.4, 0.5) is 0 Å².